The lowest BCUT2D eigenvalue weighted by Crippen LogP contribution is -2.49. The molecule has 0 heterocycles. The molecule has 0 aliphatic carbocycles. The van der Waals surface area contributed by atoms with Gasteiger partial charge < -0.3 is 25.5 Å². The molecule has 0 saturated heterocycles. The fourth-order valence-corrected chi connectivity index (χ4v) is 1.65. The topological polar surface area (TPSA) is 118 Å². The summed E-state index contributed by atoms with van der Waals surface area (Å²) in [6, 6.07) is 5.45. The lowest BCUT2D eigenvalue weighted by Gasteiger charge is -2.24. The Morgan fingerprint density at radius 3 is 2.25 bits per heavy atom. The highest BCUT2D eigenvalue weighted by molar-refractivity contribution is 5.85. The molecule has 4 atom stereocenters. The SMILES string of the molecule is O=C(Cc1ccccc1F)[C@H](O)[C@@H](O)[C@H](O)[C@H](O)CO. The summed E-state index contributed by atoms with van der Waals surface area (Å²) < 4.78 is 13.3. The summed E-state index contributed by atoms with van der Waals surface area (Å²) in [7, 11) is 0. The number of Topliss-reactive ketones (excluding diaryl/α,β-unsaturated/α-hetero) is 1. The molecule has 0 amide bonds. The molecule has 0 unspecified atom stereocenters. The standard InChI is InChI=1S/C13H17FO6/c14-8-4-2-1-3-7(8)5-9(16)11(18)13(20)12(19)10(17)6-15/h1-4,10-13,15,17-20H,5-6H2/t10-,11+,12-,13-/m1/s1. The number of benzene rings is 1. The van der Waals surface area contributed by atoms with Crippen molar-refractivity contribution in [1.29, 1.82) is 0 Å². The van der Waals surface area contributed by atoms with Crippen LogP contribution < -0.4 is 0 Å². The van der Waals surface area contributed by atoms with Crippen molar-refractivity contribution in [2.45, 2.75) is 30.8 Å². The zero-order chi connectivity index (χ0) is 15.3. The molecule has 20 heavy (non-hydrogen) atoms. The van der Waals surface area contributed by atoms with Crippen LogP contribution in [0.5, 0.6) is 0 Å². The van der Waals surface area contributed by atoms with E-state index in [1.165, 1.54) is 18.2 Å². The largest absolute Gasteiger partial charge is 0.394 e. The molecule has 1 aromatic rings. The number of hydrogen-bond donors (Lipinski definition) is 5. The Kier molecular flexibility index (Phi) is 6.18. The quantitative estimate of drug-likeness (QED) is 0.411. The van der Waals surface area contributed by atoms with Crippen molar-refractivity contribution < 1.29 is 34.7 Å². The van der Waals surface area contributed by atoms with Crippen LogP contribution in [0.3, 0.4) is 0 Å². The van der Waals surface area contributed by atoms with Gasteiger partial charge in [-0.2, -0.15) is 0 Å². The van der Waals surface area contributed by atoms with Gasteiger partial charge in [0.15, 0.2) is 5.78 Å². The number of rotatable bonds is 7. The summed E-state index contributed by atoms with van der Waals surface area (Å²) in [4.78, 5) is 11.7. The fraction of sp³-hybridized carbons (Fsp3) is 0.462. The van der Waals surface area contributed by atoms with E-state index < -0.39 is 49.0 Å². The zero-order valence-corrected chi connectivity index (χ0v) is 10.6. The van der Waals surface area contributed by atoms with E-state index in [0.29, 0.717) is 0 Å². The molecule has 0 fully saturated rings. The maximum atomic E-state index is 13.3. The number of hydrogen-bond acceptors (Lipinski definition) is 6. The van der Waals surface area contributed by atoms with Gasteiger partial charge in [0.1, 0.15) is 30.2 Å². The van der Waals surface area contributed by atoms with E-state index in [4.69, 9.17) is 10.2 Å². The molecule has 6 nitrogen and oxygen atoms in total. The van der Waals surface area contributed by atoms with Crippen molar-refractivity contribution in [2.24, 2.45) is 0 Å². The first-order valence-corrected chi connectivity index (χ1v) is 5.97. The monoisotopic (exact) mass is 288 g/mol. The van der Waals surface area contributed by atoms with Gasteiger partial charge in [-0.1, -0.05) is 18.2 Å². The van der Waals surface area contributed by atoms with Gasteiger partial charge in [-0.25, -0.2) is 4.39 Å². The minimum Gasteiger partial charge on any atom is -0.394 e. The number of aliphatic hydroxyl groups is 5. The molecule has 112 valence electrons. The van der Waals surface area contributed by atoms with Crippen molar-refractivity contribution in [3.05, 3.63) is 35.6 Å². The highest BCUT2D eigenvalue weighted by Gasteiger charge is 2.34. The lowest BCUT2D eigenvalue weighted by molar-refractivity contribution is -0.146. The van der Waals surface area contributed by atoms with Crippen LogP contribution in [0.25, 0.3) is 0 Å². The predicted octanol–water partition coefficient (Wildman–Crippen LogP) is -1.63. The van der Waals surface area contributed by atoms with Crippen LogP contribution >= 0.6 is 0 Å². The second kappa shape index (κ2) is 7.41. The van der Waals surface area contributed by atoms with E-state index in [0.717, 1.165) is 6.07 Å². The zero-order valence-electron chi connectivity index (χ0n) is 10.6. The second-order valence-corrected chi connectivity index (χ2v) is 4.41. The first-order valence-electron chi connectivity index (χ1n) is 5.97. The minimum atomic E-state index is -1.99. The summed E-state index contributed by atoms with van der Waals surface area (Å²) in [6.45, 7) is -0.841. The summed E-state index contributed by atoms with van der Waals surface area (Å²) in [6.07, 6.45) is -8.02. The first-order chi connectivity index (χ1) is 9.38. The average molecular weight is 288 g/mol. The highest BCUT2D eigenvalue weighted by Crippen LogP contribution is 2.12. The van der Waals surface area contributed by atoms with Gasteiger partial charge in [-0.3, -0.25) is 4.79 Å². The van der Waals surface area contributed by atoms with Crippen molar-refractivity contribution in [3.63, 3.8) is 0 Å². The molecule has 0 aliphatic heterocycles. The normalized spacial score (nSPS) is 17.3. The molecule has 7 heteroatoms. The van der Waals surface area contributed by atoms with Gasteiger partial charge in [0.25, 0.3) is 0 Å². The van der Waals surface area contributed by atoms with Gasteiger partial charge in [-0.15, -0.1) is 0 Å². The first kappa shape index (κ1) is 16.7. The van der Waals surface area contributed by atoms with Gasteiger partial charge >= 0.3 is 0 Å². The Hall–Kier alpha value is -1.38. The summed E-state index contributed by atoms with van der Waals surface area (Å²) in [5.74, 6) is -1.54. The van der Waals surface area contributed by atoms with Crippen LogP contribution in [0.1, 0.15) is 5.56 Å². The Morgan fingerprint density at radius 1 is 1.10 bits per heavy atom. The summed E-state index contributed by atoms with van der Waals surface area (Å²) in [5, 5.41) is 46.2. The third-order valence-electron chi connectivity index (χ3n) is 2.91. The summed E-state index contributed by atoms with van der Waals surface area (Å²) in [5.41, 5.74) is 0.0425. The van der Waals surface area contributed by atoms with Crippen molar-refractivity contribution in [1.82, 2.24) is 0 Å². The maximum Gasteiger partial charge on any atom is 0.168 e. The number of aliphatic hydroxyl groups excluding tert-OH is 5. The predicted molar refractivity (Wildman–Crippen MR) is 66.2 cm³/mol. The van der Waals surface area contributed by atoms with Gasteiger partial charge in [-0.05, 0) is 11.6 Å². The van der Waals surface area contributed by atoms with E-state index in [-0.39, 0.29) is 5.56 Å². The van der Waals surface area contributed by atoms with E-state index in [1.807, 2.05) is 0 Å². The molecule has 0 saturated carbocycles. The number of carbonyl (C=O) groups excluding carboxylic acids is 1. The van der Waals surface area contributed by atoms with E-state index >= 15 is 0 Å². The van der Waals surface area contributed by atoms with Crippen LogP contribution in [0.2, 0.25) is 0 Å². The maximum absolute atomic E-state index is 13.3. The molecular weight excluding hydrogens is 271 g/mol. The minimum absolute atomic E-state index is 0.0425. The van der Waals surface area contributed by atoms with Gasteiger partial charge in [0.05, 0.1) is 6.61 Å². The Balaban J connectivity index is 2.70. The molecule has 0 spiro atoms. The molecular formula is C13H17FO6. The average Bonchev–Trinajstić information content (AvgIpc) is 2.46. The van der Waals surface area contributed by atoms with Crippen molar-refractivity contribution >= 4 is 5.78 Å². The Bertz CT molecular complexity index is 452. The molecule has 0 radical (unpaired) electrons. The Labute approximate surface area is 114 Å². The highest BCUT2D eigenvalue weighted by atomic mass is 19.1. The molecule has 5 N–H and O–H groups in total. The van der Waals surface area contributed by atoms with E-state index in [1.54, 1.807) is 0 Å². The van der Waals surface area contributed by atoms with Crippen LogP contribution in [-0.2, 0) is 11.2 Å². The molecule has 1 aromatic carbocycles. The third-order valence-corrected chi connectivity index (χ3v) is 2.91. The number of carbonyl (C=O) groups is 1. The third kappa shape index (κ3) is 4.06. The molecule has 1 rings (SSSR count). The van der Waals surface area contributed by atoms with Gasteiger partial charge in [0, 0.05) is 6.42 Å². The second-order valence-electron chi connectivity index (χ2n) is 4.41. The smallest absolute Gasteiger partial charge is 0.168 e. The van der Waals surface area contributed by atoms with Crippen LogP contribution in [0, 0.1) is 5.82 Å². The Morgan fingerprint density at radius 2 is 1.70 bits per heavy atom. The van der Waals surface area contributed by atoms with Crippen LogP contribution in [0.15, 0.2) is 24.3 Å². The lowest BCUT2D eigenvalue weighted by atomic mass is 9.96. The van der Waals surface area contributed by atoms with E-state index in [2.05, 4.69) is 0 Å². The van der Waals surface area contributed by atoms with Crippen LogP contribution in [-0.4, -0.2) is 62.3 Å². The number of halogens is 1. The molecule has 0 bridgehead atoms. The van der Waals surface area contributed by atoms with E-state index in [9.17, 15) is 24.5 Å². The fourth-order valence-electron chi connectivity index (χ4n) is 1.65. The number of ketones is 1. The molecule has 0 aliphatic rings. The summed E-state index contributed by atoms with van der Waals surface area (Å²) >= 11 is 0. The van der Waals surface area contributed by atoms with Gasteiger partial charge in [0.2, 0.25) is 0 Å². The molecule has 0 aromatic heterocycles. The van der Waals surface area contributed by atoms with Crippen molar-refractivity contribution in [3.8, 4) is 0 Å². The van der Waals surface area contributed by atoms with Crippen LogP contribution in [0.4, 0.5) is 4.39 Å². The van der Waals surface area contributed by atoms with Crippen molar-refractivity contribution in [2.75, 3.05) is 6.61 Å².